The minimum absolute atomic E-state index is 0.164. The molecule has 7 heteroatoms. The summed E-state index contributed by atoms with van der Waals surface area (Å²) in [6.45, 7) is 0.0933. The Morgan fingerprint density at radius 1 is 1.32 bits per heavy atom. The van der Waals surface area contributed by atoms with Crippen molar-refractivity contribution in [1.82, 2.24) is 10.2 Å². The van der Waals surface area contributed by atoms with Crippen molar-refractivity contribution in [2.24, 2.45) is 0 Å². The minimum Gasteiger partial charge on any atom is -0.480 e. The van der Waals surface area contributed by atoms with Gasteiger partial charge in [-0.25, -0.2) is 9.18 Å². The van der Waals surface area contributed by atoms with Crippen molar-refractivity contribution in [3.8, 4) is 0 Å². The molecule has 0 spiro atoms. The Bertz CT molecular complexity index is 591. The van der Waals surface area contributed by atoms with Crippen LogP contribution >= 0.6 is 0 Å². The van der Waals surface area contributed by atoms with E-state index >= 15 is 0 Å². The highest BCUT2D eigenvalue weighted by molar-refractivity contribution is 5.88. The smallest absolute Gasteiger partial charge is 0.326 e. The quantitative estimate of drug-likeness (QED) is 0.832. The number of benzene rings is 1. The van der Waals surface area contributed by atoms with Gasteiger partial charge in [0.2, 0.25) is 11.8 Å². The van der Waals surface area contributed by atoms with E-state index in [1.807, 2.05) is 0 Å². The predicted octanol–water partition coefficient (Wildman–Crippen LogP) is 0.560. The zero-order valence-electron chi connectivity index (χ0n) is 11.9. The molecule has 1 unspecified atom stereocenters. The van der Waals surface area contributed by atoms with Gasteiger partial charge in [-0.05, 0) is 24.5 Å². The van der Waals surface area contributed by atoms with Gasteiger partial charge in [-0.2, -0.15) is 0 Å². The molecule has 1 atom stereocenters. The second-order valence-electron chi connectivity index (χ2n) is 5.13. The molecule has 1 heterocycles. The number of aliphatic carboxylic acids is 1. The van der Waals surface area contributed by atoms with Crippen molar-refractivity contribution in [3.63, 3.8) is 0 Å². The third kappa shape index (κ3) is 3.81. The highest BCUT2D eigenvalue weighted by Gasteiger charge is 2.33. The maximum absolute atomic E-state index is 13.4. The SMILES string of the molecule is O=C(Cc1ccccc1F)NCC(=O)N1CCCC1C(=O)O. The van der Waals surface area contributed by atoms with Crippen molar-refractivity contribution in [3.05, 3.63) is 35.6 Å². The van der Waals surface area contributed by atoms with Crippen LogP contribution in [-0.4, -0.2) is 46.9 Å². The first-order chi connectivity index (χ1) is 10.5. The van der Waals surface area contributed by atoms with Gasteiger partial charge in [0.05, 0.1) is 13.0 Å². The van der Waals surface area contributed by atoms with Crippen LogP contribution in [0.2, 0.25) is 0 Å². The van der Waals surface area contributed by atoms with Gasteiger partial charge in [0, 0.05) is 6.54 Å². The molecular weight excluding hydrogens is 291 g/mol. The van der Waals surface area contributed by atoms with Gasteiger partial charge in [-0.1, -0.05) is 18.2 Å². The van der Waals surface area contributed by atoms with E-state index < -0.39 is 29.6 Å². The normalized spacial score (nSPS) is 17.3. The number of carboxylic acid groups (broad SMARTS) is 1. The molecular formula is C15H17FN2O4. The summed E-state index contributed by atoms with van der Waals surface area (Å²) in [6, 6.07) is 5.08. The van der Waals surface area contributed by atoms with E-state index in [9.17, 15) is 18.8 Å². The van der Waals surface area contributed by atoms with Crippen LogP contribution in [0, 0.1) is 5.82 Å². The molecule has 0 bridgehead atoms. The Morgan fingerprint density at radius 3 is 2.73 bits per heavy atom. The summed E-state index contributed by atoms with van der Waals surface area (Å²) in [5.41, 5.74) is 0.247. The second kappa shape index (κ2) is 7.02. The first-order valence-electron chi connectivity index (χ1n) is 7.01. The molecule has 0 radical (unpaired) electrons. The molecule has 1 saturated heterocycles. The number of halogens is 1. The summed E-state index contributed by atoms with van der Waals surface area (Å²) in [5, 5.41) is 11.4. The number of hydrogen-bond acceptors (Lipinski definition) is 3. The molecule has 2 rings (SSSR count). The summed E-state index contributed by atoms with van der Waals surface area (Å²) >= 11 is 0. The zero-order chi connectivity index (χ0) is 16.1. The molecule has 1 aromatic carbocycles. The van der Waals surface area contributed by atoms with Crippen LogP contribution in [0.15, 0.2) is 24.3 Å². The Hall–Kier alpha value is -2.44. The maximum Gasteiger partial charge on any atom is 0.326 e. The van der Waals surface area contributed by atoms with Gasteiger partial charge in [0.1, 0.15) is 11.9 Å². The fourth-order valence-corrected chi connectivity index (χ4v) is 2.47. The van der Waals surface area contributed by atoms with Crippen LogP contribution in [0.25, 0.3) is 0 Å². The Kier molecular flexibility index (Phi) is 5.08. The van der Waals surface area contributed by atoms with E-state index in [-0.39, 0.29) is 18.5 Å². The monoisotopic (exact) mass is 308 g/mol. The zero-order valence-corrected chi connectivity index (χ0v) is 11.9. The van der Waals surface area contributed by atoms with Crippen LogP contribution in [0.5, 0.6) is 0 Å². The van der Waals surface area contributed by atoms with E-state index in [0.29, 0.717) is 19.4 Å². The number of rotatable bonds is 5. The average molecular weight is 308 g/mol. The summed E-state index contributed by atoms with van der Waals surface area (Å²) in [6.07, 6.45) is 0.887. The third-order valence-electron chi connectivity index (χ3n) is 3.60. The lowest BCUT2D eigenvalue weighted by atomic mass is 10.1. The first-order valence-corrected chi connectivity index (χ1v) is 7.01. The lowest BCUT2D eigenvalue weighted by molar-refractivity contribution is -0.148. The van der Waals surface area contributed by atoms with Crippen molar-refractivity contribution in [1.29, 1.82) is 0 Å². The van der Waals surface area contributed by atoms with Crippen molar-refractivity contribution in [2.75, 3.05) is 13.1 Å². The molecule has 1 aromatic rings. The lowest BCUT2D eigenvalue weighted by Crippen LogP contribution is -2.45. The molecule has 0 aromatic heterocycles. The molecule has 6 nitrogen and oxygen atoms in total. The highest BCUT2D eigenvalue weighted by Crippen LogP contribution is 2.17. The molecule has 1 aliphatic rings. The minimum atomic E-state index is -1.04. The summed E-state index contributed by atoms with van der Waals surface area (Å²) < 4.78 is 13.4. The van der Waals surface area contributed by atoms with Gasteiger partial charge < -0.3 is 15.3 Å². The summed E-state index contributed by atoms with van der Waals surface area (Å²) in [7, 11) is 0. The first kappa shape index (κ1) is 15.9. The van der Waals surface area contributed by atoms with Crippen LogP contribution in [-0.2, 0) is 20.8 Å². The van der Waals surface area contributed by atoms with Crippen LogP contribution in [0.1, 0.15) is 18.4 Å². The number of likely N-dealkylation sites (tertiary alicyclic amines) is 1. The lowest BCUT2D eigenvalue weighted by Gasteiger charge is -2.21. The number of hydrogen-bond donors (Lipinski definition) is 2. The Balaban J connectivity index is 1.85. The van der Waals surface area contributed by atoms with Crippen molar-refractivity contribution >= 4 is 17.8 Å². The molecule has 0 saturated carbocycles. The highest BCUT2D eigenvalue weighted by atomic mass is 19.1. The summed E-state index contributed by atoms with van der Waals surface area (Å²) in [4.78, 5) is 36.0. The Morgan fingerprint density at radius 2 is 2.05 bits per heavy atom. The second-order valence-corrected chi connectivity index (χ2v) is 5.13. The van der Waals surface area contributed by atoms with Crippen LogP contribution < -0.4 is 5.32 Å². The number of carbonyl (C=O) groups is 3. The van der Waals surface area contributed by atoms with Crippen molar-refractivity contribution in [2.45, 2.75) is 25.3 Å². The number of carbonyl (C=O) groups excluding carboxylic acids is 2. The van der Waals surface area contributed by atoms with Gasteiger partial charge in [0.15, 0.2) is 0 Å². The molecule has 2 amide bonds. The van der Waals surface area contributed by atoms with E-state index in [2.05, 4.69) is 5.32 Å². The van der Waals surface area contributed by atoms with Crippen molar-refractivity contribution < 1.29 is 23.9 Å². The largest absolute Gasteiger partial charge is 0.480 e. The number of nitrogens with zero attached hydrogens (tertiary/aromatic N) is 1. The number of carboxylic acids is 1. The Labute approximate surface area is 126 Å². The third-order valence-corrected chi connectivity index (χ3v) is 3.60. The fraction of sp³-hybridized carbons (Fsp3) is 0.400. The molecule has 2 N–H and O–H groups in total. The van der Waals surface area contributed by atoms with E-state index in [0.717, 1.165) is 0 Å². The topological polar surface area (TPSA) is 86.7 Å². The van der Waals surface area contributed by atoms with Gasteiger partial charge in [-0.3, -0.25) is 9.59 Å². The molecule has 0 aliphatic carbocycles. The molecule has 1 fully saturated rings. The van der Waals surface area contributed by atoms with E-state index in [4.69, 9.17) is 5.11 Å². The maximum atomic E-state index is 13.4. The average Bonchev–Trinajstić information content (AvgIpc) is 2.97. The molecule has 118 valence electrons. The van der Waals surface area contributed by atoms with Gasteiger partial charge in [-0.15, -0.1) is 0 Å². The van der Waals surface area contributed by atoms with Crippen LogP contribution in [0.4, 0.5) is 4.39 Å². The summed E-state index contributed by atoms with van der Waals surface area (Å²) in [5.74, 6) is -2.44. The predicted molar refractivity (Wildman–Crippen MR) is 75.5 cm³/mol. The number of amides is 2. The van der Waals surface area contributed by atoms with Crippen LogP contribution in [0.3, 0.4) is 0 Å². The number of nitrogens with one attached hydrogen (secondary N) is 1. The van der Waals surface area contributed by atoms with E-state index in [1.54, 1.807) is 6.07 Å². The van der Waals surface area contributed by atoms with Gasteiger partial charge in [0.25, 0.3) is 0 Å². The molecule has 22 heavy (non-hydrogen) atoms. The van der Waals surface area contributed by atoms with Gasteiger partial charge >= 0.3 is 5.97 Å². The molecule has 1 aliphatic heterocycles. The standard InChI is InChI=1S/C15H17FN2O4/c16-11-5-2-1-4-10(11)8-13(19)17-9-14(20)18-7-3-6-12(18)15(21)22/h1-2,4-5,12H,3,6-9H2,(H,17,19)(H,21,22). The van der Waals surface area contributed by atoms with E-state index in [1.165, 1.54) is 23.1 Å². The fourth-order valence-electron chi connectivity index (χ4n) is 2.47.